The lowest BCUT2D eigenvalue weighted by Crippen LogP contribution is -2.31. The standard InChI is InChI=1S/C14H15ClN2OS/c1-9(2)13(11-4-3-7-19-11)17-14(18)10-5-6-16-12(15)8-10/h3-9,13H,1-2H3,(H,17,18). The van der Waals surface area contributed by atoms with Gasteiger partial charge in [-0.15, -0.1) is 11.3 Å². The number of nitrogens with zero attached hydrogens (tertiary/aromatic N) is 1. The van der Waals surface area contributed by atoms with Gasteiger partial charge in [0.2, 0.25) is 0 Å². The van der Waals surface area contributed by atoms with Crippen LogP contribution in [0.15, 0.2) is 35.8 Å². The van der Waals surface area contributed by atoms with E-state index in [0.717, 1.165) is 4.88 Å². The SMILES string of the molecule is CC(C)C(NC(=O)c1ccnc(Cl)c1)c1cccs1. The number of carbonyl (C=O) groups excluding carboxylic acids is 1. The predicted molar refractivity (Wildman–Crippen MR) is 78.6 cm³/mol. The topological polar surface area (TPSA) is 42.0 Å². The van der Waals surface area contributed by atoms with Crippen LogP contribution in [-0.2, 0) is 0 Å². The first-order chi connectivity index (χ1) is 9.08. The van der Waals surface area contributed by atoms with Gasteiger partial charge in [0.1, 0.15) is 5.15 Å². The van der Waals surface area contributed by atoms with E-state index in [9.17, 15) is 4.79 Å². The second-order valence-electron chi connectivity index (χ2n) is 4.58. The summed E-state index contributed by atoms with van der Waals surface area (Å²) in [6.07, 6.45) is 1.53. The Labute approximate surface area is 121 Å². The van der Waals surface area contributed by atoms with Crippen molar-refractivity contribution in [2.24, 2.45) is 5.92 Å². The molecule has 0 saturated heterocycles. The summed E-state index contributed by atoms with van der Waals surface area (Å²) in [5, 5.41) is 5.39. The Morgan fingerprint density at radius 2 is 2.21 bits per heavy atom. The Hall–Kier alpha value is -1.39. The maximum absolute atomic E-state index is 12.2. The summed E-state index contributed by atoms with van der Waals surface area (Å²) in [5.74, 6) is 0.191. The lowest BCUT2D eigenvalue weighted by Gasteiger charge is -2.21. The van der Waals surface area contributed by atoms with Crippen LogP contribution in [0, 0.1) is 5.92 Å². The van der Waals surface area contributed by atoms with Crippen molar-refractivity contribution in [3.05, 3.63) is 51.4 Å². The minimum absolute atomic E-state index is 0.0134. The summed E-state index contributed by atoms with van der Waals surface area (Å²) in [4.78, 5) is 17.2. The molecule has 0 aromatic carbocycles. The maximum Gasteiger partial charge on any atom is 0.251 e. The van der Waals surface area contributed by atoms with E-state index in [1.165, 1.54) is 6.20 Å². The zero-order valence-electron chi connectivity index (χ0n) is 10.8. The third kappa shape index (κ3) is 3.55. The molecule has 2 aromatic rings. The number of aromatic nitrogens is 1. The molecule has 1 amide bonds. The maximum atomic E-state index is 12.2. The largest absolute Gasteiger partial charge is 0.344 e. The molecule has 1 atom stereocenters. The van der Waals surface area contributed by atoms with E-state index in [1.807, 2.05) is 17.5 Å². The smallest absolute Gasteiger partial charge is 0.251 e. The van der Waals surface area contributed by atoms with Gasteiger partial charge in [-0.1, -0.05) is 31.5 Å². The second kappa shape index (κ2) is 6.17. The number of thiophene rings is 1. The summed E-state index contributed by atoms with van der Waals surface area (Å²) in [5.41, 5.74) is 0.530. The molecule has 0 aliphatic carbocycles. The molecule has 3 nitrogen and oxygen atoms in total. The lowest BCUT2D eigenvalue weighted by molar-refractivity contribution is 0.0926. The molecule has 0 spiro atoms. The Morgan fingerprint density at radius 3 is 2.79 bits per heavy atom. The number of hydrogen-bond acceptors (Lipinski definition) is 3. The Bertz CT molecular complexity index is 554. The number of amides is 1. The first-order valence-corrected chi connectivity index (χ1v) is 7.29. The molecule has 19 heavy (non-hydrogen) atoms. The number of nitrogens with one attached hydrogen (secondary N) is 1. The van der Waals surface area contributed by atoms with Gasteiger partial charge < -0.3 is 5.32 Å². The fourth-order valence-electron chi connectivity index (χ4n) is 1.80. The number of rotatable bonds is 4. The molecule has 2 heterocycles. The second-order valence-corrected chi connectivity index (χ2v) is 5.94. The van der Waals surface area contributed by atoms with Gasteiger partial charge in [0.15, 0.2) is 0 Å². The van der Waals surface area contributed by atoms with E-state index in [-0.39, 0.29) is 11.9 Å². The molecular formula is C14H15ClN2OS. The molecule has 0 radical (unpaired) electrons. The molecule has 2 aromatic heterocycles. The number of pyridine rings is 1. The van der Waals surface area contributed by atoms with Crippen LogP contribution in [0.4, 0.5) is 0 Å². The quantitative estimate of drug-likeness (QED) is 0.868. The molecular weight excluding hydrogens is 280 g/mol. The minimum atomic E-state index is -0.128. The van der Waals surface area contributed by atoms with E-state index < -0.39 is 0 Å². The van der Waals surface area contributed by atoms with Gasteiger partial charge in [-0.3, -0.25) is 4.79 Å². The fraction of sp³-hybridized carbons (Fsp3) is 0.286. The first-order valence-electron chi connectivity index (χ1n) is 6.03. The van der Waals surface area contributed by atoms with Crippen LogP contribution in [0.2, 0.25) is 5.15 Å². The van der Waals surface area contributed by atoms with Crippen molar-refractivity contribution in [3.8, 4) is 0 Å². The van der Waals surface area contributed by atoms with Crippen molar-refractivity contribution >= 4 is 28.8 Å². The van der Waals surface area contributed by atoms with E-state index in [0.29, 0.717) is 16.6 Å². The van der Waals surface area contributed by atoms with Gasteiger partial charge in [-0.05, 0) is 29.5 Å². The molecule has 100 valence electrons. The summed E-state index contributed by atoms with van der Waals surface area (Å²) in [6.45, 7) is 4.17. The number of carbonyl (C=O) groups is 1. The van der Waals surface area contributed by atoms with E-state index in [2.05, 4.69) is 24.1 Å². The molecule has 2 rings (SSSR count). The van der Waals surface area contributed by atoms with Gasteiger partial charge in [0.25, 0.3) is 5.91 Å². The molecule has 0 aliphatic heterocycles. The molecule has 0 bridgehead atoms. The summed E-state index contributed by atoms with van der Waals surface area (Å²) in [6, 6.07) is 7.27. The van der Waals surface area contributed by atoms with Crippen molar-refractivity contribution in [1.29, 1.82) is 0 Å². The van der Waals surface area contributed by atoms with Crippen molar-refractivity contribution in [2.45, 2.75) is 19.9 Å². The lowest BCUT2D eigenvalue weighted by atomic mass is 10.0. The monoisotopic (exact) mass is 294 g/mol. The van der Waals surface area contributed by atoms with Gasteiger partial charge in [0, 0.05) is 16.6 Å². The average Bonchev–Trinajstić information content (AvgIpc) is 2.88. The van der Waals surface area contributed by atoms with Crippen LogP contribution < -0.4 is 5.32 Å². The van der Waals surface area contributed by atoms with Crippen LogP contribution in [0.25, 0.3) is 0 Å². The molecule has 1 N–H and O–H groups in total. The van der Waals surface area contributed by atoms with Crippen molar-refractivity contribution in [2.75, 3.05) is 0 Å². The third-order valence-electron chi connectivity index (χ3n) is 2.79. The zero-order valence-corrected chi connectivity index (χ0v) is 12.3. The van der Waals surface area contributed by atoms with Gasteiger partial charge in [-0.2, -0.15) is 0 Å². The number of hydrogen-bond donors (Lipinski definition) is 1. The van der Waals surface area contributed by atoms with Crippen LogP contribution >= 0.6 is 22.9 Å². The van der Waals surface area contributed by atoms with Crippen LogP contribution in [0.5, 0.6) is 0 Å². The Morgan fingerprint density at radius 1 is 1.42 bits per heavy atom. The highest BCUT2D eigenvalue weighted by atomic mass is 35.5. The first kappa shape index (κ1) is 14.0. The average molecular weight is 295 g/mol. The van der Waals surface area contributed by atoms with Gasteiger partial charge in [0.05, 0.1) is 6.04 Å². The van der Waals surface area contributed by atoms with Crippen LogP contribution in [0.1, 0.15) is 35.1 Å². The number of halogens is 1. The third-order valence-corrected chi connectivity index (χ3v) is 3.95. The summed E-state index contributed by atoms with van der Waals surface area (Å²) in [7, 11) is 0. The summed E-state index contributed by atoms with van der Waals surface area (Å²) >= 11 is 7.45. The van der Waals surface area contributed by atoms with E-state index in [4.69, 9.17) is 11.6 Å². The molecule has 5 heteroatoms. The van der Waals surface area contributed by atoms with Crippen LogP contribution in [0.3, 0.4) is 0 Å². The molecule has 0 fully saturated rings. The normalized spacial score (nSPS) is 12.4. The van der Waals surface area contributed by atoms with Crippen LogP contribution in [-0.4, -0.2) is 10.9 Å². The highest BCUT2D eigenvalue weighted by Gasteiger charge is 2.20. The van der Waals surface area contributed by atoms with E-state index in [1.54, 1.807) is 23.5 Å². The predicted octanol–water partition coefficient (Wildman–Crippen LogP) is 3.92. The van der Waals surface area contributed by atoms with Crippen molar-refractivity contribution in [3.63, 3.8) is 0 Å². The van der Waals surface area contributed by atoms with E-state index >= 15 is 0 Å². The van der Waals surface area contributed by atoms with Crippen molar-refractivity contribution in [1.82, 2.24) is 10.3 Å². The van der Waals surface area contributed by atoms with Gasteiger partial charge in [-0.25, -0.2) is 4.98 Å². The Balaban J connectivity index is 2.16. The zero-order chi connectivity index (χ0) is 13.8. The highest BCUT2D eigenvalue weighted by Crippen LogP contribution is 2.26. The highest BCUT2D eigenvalue weighted by molar-refractivity contribution is 7.10. The Kier molecular flexibility index (Phi) is 4.56. The van der Waals surface area contributed by atoms with Gasteiger partial charge >= 0.3 is 0 Å². The molecule has 0 saturated carbocycles. The molecule has 0 aliphatic rings. The summed E-state index contributed by atoms with van der Waals surface area (Å²) < 4.78 is 0. The molecule has 1 unspecified atom stereocenters. The minimum Gasteiger partial charge on any atom is -0.344 e. The van der Waals surface area contributed by atoms with Crippen molar-refractivity contribution < 1.29 is 4.79 Å². The fourth-order valence-corrected chi connectivity index (χ4v) is 2.93.